The van der Waals surface area contributed by atoms with Gasteiger partial charge in [0.2, 0.25) is 0 Å². The van der Waals surface area contributed by atoms with E-state index in [0.29, 0.717) is 19.4 Å². The van der Waals surface area contributed by atoms with Crippen LogP contribution in [0.25, 0.3) is 0 Å². The van der Waals surface area contributed by atoms with Crippen LogP contribution in [0.2, 0.25) is 0 Å². The summed E-state index contributed by atoms with van der Waals surface area (Å²) in [6.45, 7) is 8.23. The molecule has 166 valence electrons. The topological polar surface area (TPSA) is 47.6 Å². The van der Waals surface area contributed by atoms with Crippen molar-refractivity contribution in [2.24, 2.45) is 0 Å². The van der Waals surface area contributed by atoms with E-state index in [4.69, 9.17) is 9.47 Å². The fourth-order valence-electron chi connectivity index (χ4n) is 4.13. The average Bonchev–Trinajstić information content (AvgIpc) is 2.79. The Morgan fingerprint density at radius 3 is 2.41 bits per heavy atom. The summed E-state index contributed by atoms with van der Waals surface area (Å²) in [5.74, 6) is 1.18. The van der Waals surface area contributed by atoms with E-state index in [0.717, 1.165) is 45.0 Å². The van der Waals surface area contributed by atoms with E-state index in [2.05, 4.69) is 5.32 Å². The standard InChI is InChI=1S/C27H28FNO3/c1-17-18(2)25-23(19(3)24(17)31-16-20-10-12-21(28)13-11-20)14-15-27(4,32-25)26(30)29-22-8-6-5-7-9-22/h5-13H,14-16H2,1-4H3,(H,29,30). The van der Waals surface area contributed by atoms with Crippen molar-refractivity contribution < 1.29 is 18.7 Å². The second-order valence-corrected chi connectivity index (χ2v) is 8.58. The second kappa shape index (κ2) is 8.65. The average molecular weight is 434 g/mol. The normalized spacial score (nSPS) is 17.3. The number of rotatable bonds is 5. The zero-order valence-corrected chi connectivity index (χ0v) is 18.9. The Balaban J connectivity index is 1.57. The number of hydrogen-bond donors (Lipinski definition) is 1. The Morgan fingerprint density at radius 2 is 1.72 bits per heavy atom. The maximum Gasteiger partial charge on any atom is 0.268 e. The van der Waals surface area contributed by atoms with Crippen LogP contribution in [0, 0.1) is 26.6 Å². The summed E-state index contributed by atoms with van der Waals surface area (Å²) in [6, 6.07) is 15.7. The number of para-hydroxylation sites is 1. The minimum Gasteiger partial charge on any atom is -0.488 e. The molecule has 32 heavy (non-hydrogen) atoms. The van der Waals surface area contributed by atoms with Crippen molar-refractivity contribution in [3.05, 3.63) is 88.2 Å². The maximum atomic E-state index is 13.2. The van der Waals surface area contributed by atoms with Gasteiger partial charge < -0.3 is 14.8 Å². The number of hydrogen-bond acceptors (Lipinski definition) is 3. The van der Waals surface area contributed by atoms with Gasteiger partial charge in [-0.1, -0.05) is 30.3 Å². The summed E-state index contributed by atoms with van der Waals surface area (Å²) in [4.78, 5) is 13.0. The van der Waals surface area contributed by atoms with E-state index in [1.54, 1.807) is 12.1 Å². The van der Waals surface area contributed by atoms with Crippen molar-refractivity contribution in [3.63, 3.8) is 0 Å². The number of carbonyl (C=O) groups excluding carboxylic acids is 1. The highest BCUT2D eigenvalue weighted by Gasteiger charge is 2.41. The molecule has 1 amide bonds. The molecule has 1 N–H and O–H groups in total. The third-order valence-corrected chi connectivity index (χ3v) is 6.30. The second-order valence-electron chi connectivity index (χ2n) is 8.58. The summed E-state index contributed by atoms with van der Waals surface area (Å²) in [7, 11) is 0. The number of carbonyl (C=O) groups is 1. The largest absolute Gasteiger partial charge is 0.488 e. The fraction of sp³-hybridized carbons (Fsp3) is 0.296. The molecule has 4 rings (SSSR count). The van der Waals surface area contributed by atoms with Crippen LogP contribution in [-0.2, 0) is 17.8 Å². The monoisotopic (exact) mass is 433 g/mol. The van der Waals surface area contributed by atoms with Crippen LogP contribution in [0.4, 0.5) is 10.1 Å². The number of amides is 1. The quantitative estimate of drug-likeness (QED) is 0.533. The van der Waals surface area contributed by atoms with Crippen molar-refractivity contribution in [3.8, 4) is 11.5 Å². The molecule has 1 aliphatic heterocycles. The number of ether oxygens (including phenoxy) is 2. The third kappa shape index (κ3) is 4.20. The molecule has 1 atom stereocenters. The summed E-state index contributed by atoms with van der Waals surface area (Å²) < 4.78 is 25.7. The smallest absolute Gasteiger partial charge is 0.268 e. The van der Waals surface area contributed by atoms with Gasteiger partial charge in [-0.3, -0.25) is 4.79 Å². The van der Waals surface area contributed by atoms with Crippen molar-refractivity contribution in [2.45, 2.75) is 52.7 Å². The molecular formula is C27H28FNO3. The van der Waals surface area contributed by atoms with Gasteiger partial charge in [0.15, 0.2) is 5.60 Å². The van der Waals surface area contributed by atoms with E-state index in [9.17, 15) is 9.18 Å². The molecule has 0 bridgehead atoms. The van der Waals surface area contributed by atoms with E-state index in [1.165, 1.54) is 12.1 Å². The van der Waals surface area contributed by atoms with Crippen LogP contribution in [0.3, 0.4) is 0 Å². The molecular weight excluding hydrogens is 405 g/mol. The van der Waals surface area contributed by atoms with Gasteiger partial charge in [0.25, 0.3) is 5.91 Å². The Bertz CT molecular complexity index is 1140. The van der Waals surface area contributed by atoms with Crippen LogP contribution < -0.4 is 14.8 Å². The highest BCUT2D eigenvalue weighted by Crippen LogP contribution is 2.44. The molecule has 0 aromatic heterocycles. The lowest BCUT2D eigenvalue weighted by Gasteiger charge is -2.37. The molecule has 5 heteroatoms. The van der Waals surface area contributed by atoms with E-state index >= 15 is 0 Å². The highest BCUT2D eigenvalue weighted by molar-refractivity contribution is 5.97. The van der Waals surface area contributed by atoms with E-state index in [1.807, 2.05) is 58.0 Å². The van der Waals surface area contributed by atoms with Gasteiger partial charge in [-0.15, -0.1) is 0 Å². The summed E-state index contributed by atoms with van der Waals surface area (Å²) in [5.41, 5.74) is 4.75. The van der Waals surface area contributed by atoms with Crippen molar-refractivity contribution >= 4 is 11.6 Å². The van der Waals surface area contributed by atoms with Crippen LogP contribution >= 0.6 is 0 Å². The summed E-state index contributed by atoms with van der Waals surface area (Å²) in [5, 5.41) is 2.97. The molecule has 0 radical (unpaired) electrons. The molecule has 0 aliphatic carbocycles. The lowest BCUT2D eigenvalue weighted by molar-refractivity contribution is -0.131. The molecule has 1 unspecified atom stereocenters. The molecule has 0 saturated heterocycles. The van der Waals surface area contributed by atoms with E-state index in [-0.39, 0.29) is 11.7 Å². The van der Waals surface area contributed by atoms with Crippen LogP contribution in [0.15, 0.2) is 54.6 Å². The highest BCUT2D eigenvalue weighted by atomic mass is 19.1. The molecule has 1 aliphatic rings. The number of anilines is 1. The zero-order chi connectivity index (χ0) is 22.9. The summed E-state index contributed by atoms with van der Waals surface area (Å²) in [6.07, 6.45) is 1.29. The third-order valence-electron chi connectivity index (χ3n) is 6.30. The molecule has 3 aromatic rings. The van der Waals surface area contributed by atoms with Crippen LogP contribution in [0.5, 0.6) is 11.5 Å². The Morgan fingerprint density at radius 1 is 1.03 bits per heavy atom. The number of benzene rings is 3. The first kappa shape index (κ1) is 21.9. The Kier molecular flexibility index (Phi) is 5.92. The lowest BCUT2D eigenvalue weighted by atomic mass is 9.86. The van der Waals surface area contributed by atoms with Gasteiger partial charge in [-0.2, -0.15) is 0 Å². The predicted octanol–water partition coefficient (Wildman–Crippen LogP) is 6.05. The Labute approximate surface area is 188 Å². The maximum absolute atomic E-state index is 13.2. The van der Waals surface area contributed by atoms with Gasteiger partial charge in [0.1, 0.15) is 23.9 Å². The van der Waals surface area contributed by atoms with Gasteiger partial charge in [-0.05, 0) is 80.6 Å². The van der Waals surface area contributed by atoms with E-state index < -0.39 is 5.60 Å². The van der Waals surface area contributed by atoms with Gasteiger partial charge in [-0.25, -0.2) is 4.39 Å². The molecule has 0 fully saturated rings. The predicted molar refractivity (Wildman–Crippen MR) is 124 cm³/mol. The molecule has 3 aromatic carbocycles. The number of fused-ring (bicyclic) bond motifs is 1. The lowest BCUT2D eigenvalue weighted by Crippen LogP contribution is -2.48. The van der Waals surface area contributed by atoms with Crippen LogP contribution in [-0.4, -0.2) is 11.5 Å². The number of nitrogens with one attached hydrogen (secondary N) is 1. The van der Waals surface area contributed by atoms with Gasteiger partial charge >= 0.3 is 0 Å². The van der Waals surface area contributed by atoms with Crippen molar-refractivity contribution in [1.82, 2.24) is 0 Å². The first-order valence-electron chi connectivity index (χ1n) is 10.8. The first-order valence-corrected chi connectivity index (χ1v) is 10.8. The first-order chi connectivity index (χ1) is 15.3. The molecule has 0 saturated carbocycles. The molecule has 1 heterocycles. The zero-order valence-electron chi connectivity index (χ0n) is 18.9. The van der Waals surface area contributed by atoms with Crippen molar-refractivity contribution in [1.29, 1.82) is 0 Å². The van der Waals surface area contributed by atoms with Gasteiger partial charge in [0, 0.05) is 17.7 Å². The van der Waals surface area contributed by atoms with Gasteiger partial charge in [0.05, 0.1) is 0 Å². The van der Waals surface area contributed by atoms with Crippen molar-refractivity contribution in [2.75, 3.05) is 5.32 Å². The molecule has 0 spiro atoms. The minimum atomic E-state index is -0.955. The summed E-state index contributed by atoms with van der Waals surface area (Å²) >= 11 is 0. The fourth-order valence-corrected chi connectivity index (χ4v) is 4.13. The molecule has 4 nitrogen and oxygen atoms in total. The minimum absolute atomic E-state index is 0.152. The Hall–Kier alpha value is -3.34. The van der Waals surface area contributed by atoms with Crippen LogP contribution in [0.1, 0.15) is 41.2 Å². The number of halogens is 1. The SMILES string of the molecule is Cc1c(C)c2c(c(C)c1OCc1ccc(F)cc1)CCC(C)(C(=O)Nc1ccccc1)O2.